The lowest BCUT2D eigenvalue weighted by molar-refractivity contribution is -0.161. The number of nitrogens with one attached hydrogen (secondary N) is 1. The van der Waals surface area contributed by atoms with Gasteiger partial charge in [0.15, 0.2) is 0 Å². The molecule has 0 aromatic heterocycles. The Morgan fingerprint density at radius 1 is 1.23 bits per heavy atom. The summed E-state index contributed by atoms with van der Waals surface area (Å²) in [5.74, 6) is -10.7. The zero-order valence-electron chi connectivity index (χ0n) is 23.7. The molecule has 0 radical (unpaired) electrons. The van der Waals surface area contributed by atoms with Crippen LogP contribution in [-0.4, -0.2) is 59.5 Å². The van der Waals surface area contributed by atoms with E-state index in [1.807, 2.05) is 24.3 Å². The van der Waals surface area contributed by atoms with Crippen LogP contribution in [0.4, 0.5) is 14.5 Å². The maximum absolute atomic E-state index is 15.3. The first-order chi connectivity index (χ1) is 20.3. The number of ether oxygens (including phenoxy) is 1. The van der Waals surface area contributed by atoms with Crippen molar-refractivity contribution < 1.29 is 33.0 Å². The number of hydrogen-bond acceptors (Lipinski definition) is 6. The first-order valence-electron chi connectivity index (χ1n) is 14.0. The fourth-order valence-corrected chi connectivity index (χ4v) is 7.42. The number of carbonyl (C=O) groups is 3. The minimum atomic E-state index is -3.47. The Balaban J connectivity index is 1.42. The molecule has 43 heavy (non-hydrogen) atoms. The summed E-state index contributed by atoms with van der Waals surface area (Å²) in [7, 11) is 0. The van der Waals surface area contributed by atoms with Crippen molar-refractivity contribution in [1.82, 2.24) is 4.90 Å². The summed E-state index contributed by atoms with van der Waals surface area (Å²) in [4.78, 5) is 41.1. The van der Waals surface area contributed by atoms with Crippen LogP contribution in [-0.2, 0) is 36.5 Å². The number of hydrogen-bond donors (Lipinski definition) is 3. The van der Waals surface area contributed by atoms with E-state index in [0.717, 1.165) is 22.4 Å². The number of carbonyl (C=O) groups excluding carboxylic acids is 2. The molecule has 3 aliphatic rings. The predicted molar refractivity (Wildman–Crippen MR) is 158 cm³/mol. The molecule has 3 aliphatic heterocycles. The zero-order valence-corrected chi connectivity index (χ0v) is 25.2. The number of halogens is 4. The number of nitrogens with zero attached hydrogens (tertiary/aromatic N) is 1. The van der Waals surface area contributed by atoms with Crippen LogP contribution in [0.25, 0.3) is 0 Å². The Labute approximate surface area is 258 Å². The van der Waals surface area contributed by atoms with Crippen LogP contribution in [0.2, 0.25) is 10.0 Å². The van der Waals surface area contributed by atoms with E-state index in [-0.39, 0.29) is 39.9 Å². The Bertz CT molecular complexity index is 1500. The summed E-state index contributed by atoms with van der Waals surface area (Å²) in [6.45, 7) is 4.13. The molecule has 3 heterocycles. The van der Waals surface area contributed by atoms with Gasteiger partial charge >= 0.3 is 11.9 Å². The molecule has 8 nitrogen and oxygen atoms in total. The molecule has 12 heteroatoms. The van der Waals surface area contributed by atoms with Gasteiger partial charge in [0.05, 0.1) is 22.7 Å². The summed E-state index contributed by atoms with van der Waals surface area (Å²) in [5, 5.41) is 12.9. The van der Waals surface area contributed by atoms with E-state index >= 15 is 8.78 Å². The van der Waals surface area contributed by atoms with E-state index in [1.165, 1.54) is 12.1 Å². The van der Waals surface area contributed by atoms with E-state index in [0.29, 0.717) is 13.0 Å². The summed E-state index contributed by atoms with van der Waals surface area (Å²) in [6.07, 6.45) is 4.14. The van der Waals surface area contributed by atoms with Crippen molar-refractivity contribution in [1.29, 1.82) is 0 Å². The van der Waals surface area contributed by atoms with Crippen LogP contribution >= 0.6 is 23.2 Å². The lowest BCUT2D eigenvalue weighted by Crippen LogP contribution is -2.53. The first-order valence-corrected chi connectivity index (χ1v) is 14.8. The Morgan fingerprint density at radius 2 is 1.98 bits per heavy atom. The summed E-state index contributed by atoms with van der Waals surface area (Å²) < 4.78 is 36.0. The topological polar surface area (TPSA) is 122 Å². The molecule has 2 saturated heterocycles. The number of fused-ring (bicyclic) bond motifs is 4. The smallest absolute Gasteiger partial charge is 0.313 e. The SMILES string of the molecule is CC(C)(C/C=C/COC(=O)C1C(C(=O)O)C2N(CCC2(F)F)C12C(=O)Nc1c(Cl)cc(Cl)cc12)c1cccc(CCN)c1. The van der Waals surface area contributed by atoms with Gasteiger partial charge in [-0.15, -0.1) is 0 Å². The molecular weight excluding hydrogens is 603 g/mol. The average molecular weight is 637 g/mol. The molecule has 4 N–H and O–H groups in total. The van der Waals surface area contributed by atoms with Crippen LogP contribution in [0.15, 0.2) is 48.6 Å². The Hall–Kier alpha value is -3.05. The van der Waals surface area contributed by atoms with Gasteiger partial charge in [0, 0.05) is 23.6 Å². The highest BCUT2D eigenvalue weighted by Crippen LogP contribution is 2.62. The number of anilines is 1. The lowest BCUT2D eigenvalue weighted by atomic mass is 9.73. The highest BCUT2D eigenvalue weighted by Gasteiger charge is 2.77. The highest BCUT2D eigenvalue weighted by atomic mass is 35.5. The number of benzene rings is 2. The molecule has 0 bridgehead atoms. The molecule has 0 saturated carbocycles. The number of nitrogens with two attached hydrogens (primary N) is 1. The maximum atomic E-state index is 15.3. The van der Waals surface area contributed by atoms with Crippen molar-refractivity contribution in [2.75, 3.05) is 25.0 Å². The zero-order chi connectivity index (χ0) is 31.3. The van der Waals surface area contributed by atoms with Crippen LogP contribution < -0.4 is 11.1 Å². The second-order valence-corrected chi connectivity index (χ2v) is 12.8. The third-order valence-electron chi connectivity index (χ3n) is 8.90. The second kappa shape index (κ2) is 11.5. The molecule has 4 unspecified atom stereocenters. The second-order valence-electron chi connectivity index (χ2n) is 12.0. The van der Waals surface area contributed by atoms with Crippen molar-refractivity contribution in [3.63, 3.8) is 0 Å². The molecule has 2 aromatic carbocycles. The van der Waals surface area contributed by atoms with Crippen LogP contribution in [0.3, 0.4) is 0 Å². The highest BCUT2D eigenvalue weighted by molar-refractivity contribution is 6.38. The fourth-order valence-electron chi connectivity index (χ4n) is 6.88. The monoisotopic (exact) mass is 635 g/mol. The molecular formula is C31H33Cl2F2N3O5. The Kier molecular flexibility index (Phi) is 8.37. The normalized spacial score (nSPS) is 26.1. The van der Waals surface area contributed by atoms with Crippen molar-refractivity contribution in [3.8, 4) is 0 Å². The average Bonchev–Trinajstić information content (AvgIpc) is 3.53. The third-order valence-corrected chi connectivity index (χ3v) is 9.42. The predicted octanol–water partition coefficient (Wildman–Crippen LogP) is 5.15. The fraction of sp³-hybridized carbons (Fsp3) is 0.452. The van der Waals surface area contributed by atoms with Gasteiger partial charge in [0.2, 0.25) is 0 Å². The number of rotatable bonds is 9. The third kappa shape index (κ3) is 5.22. The van der Waals surface area contributed by atoms with Gasteiger partial charge in [-0.3, -0.25) is 19.3 Å². The van der Waals surface area contributed by atoms with E-state index in [4.69, 9.17) is 33.7 Å². The number of alkyl halides is 2. The van der Waals surface area contributed by atoms with Gasteiger partial charge in [-0.25, -0.2) is 8.78 Å². The van der Waals surface area contributed by atoms with Crippen molar-refractivity contribution in [2.24, 2.45) is 17.6 Å². The molecule has 1 amide bonds. The number of amides is 1. The van der Waals surface area contributed by atoms with Gasteiger partial charge in [-0.05, 0) is 48.1 Å². The van der Waals surface area contributed by atoms with Crippen LogP contribution in [0.5, 0.6) is 0 Å². The van der Waals surface area contributed by atoms with Gasteiger partial charge in [0.25, 0.3) is 11.8 Å². The molecule has 230 valence electrons. The van der Waals surface area contributed by atoms with E-state index < -0.39 is 53.6 Å². The van der Waals surface area contributed by atoms with E-state index in [1.54, 1.807) is 6.08 Å². The first kappa shape index (κ1) is 31.4. The number of aliphatic carboxylic acids is 1. The molecule has 5 rings (SSSR count). The number of carboxylic acids is 1. The van der Waals surface area contributed by atoms with E-state index in [9.17, 15) is 19.5 Å². The standard InChI is InChI=1S/C31H33Cl2F2N3O5/c1-29(2,18-7-5-6-17(14-18)8-11-36)9-3-4-13-43-27(41)23-22(26(39)40)25-30(34,35)10-12-38(25)31(23)20-15-19(32)16-21(33)24(20)37-28(31)42/h3-7,14-16,22-23,25H,8-13,36H2,1-2H3,(H,37,42)(H,39,40)/b4-3+. The lowest BCUT2D eigenvalue weighted by Gasteiger charge is -2.35. The van der Waals surface area contributed by atoms with Gasteiger partial charge in [0.1, 0.15) is 18.1 Å². The van der Waals surface area contributed by atoms with Crippen molar-refractivity contribution in [2.45, 2.75) is 56.0 Å². The van der Waals surface area contributed by atoms with Gasteiger partial charge in [-0.2, -0.15) is 0 Å². The molecule has 2 fully saturated rings. The molecule has 0 aliphatic carbocycles. The van der Waals surface area contributed by atoms with Gasteiger partial charge in [-0.1, -0.05) is 73.5 Å². The summed E-state index contributed by atoms with van der Waals surface area (Å²) >= 11 is 12.6. The maximum Gasteiger partial charge on any atom is 0.313 e. The molecule has 4 atom stereocenters. The minimum absolute atomic E-state index is 0.0419. The number of allylic oxidation sites excluding steroid dienone is 1. The van der Waals surface area contributed by atoms with E-state index in [2.05, 4.69) is 25.2 Å². The van der Waals surface area contributed by atoms with Crippen LogP contribution in [0, 0.1) is 11.8 Å². The van der Waals surface area contributed by atoms with Crippen molar-refractivity contribution in [3.05, 3.63) is 75.3 Å². The Morgan fingerprint density at radius 3 is 2.67 bits per heavy atom. The molecule has 2 aromatic rings. The van der Waals surface area contributed by atoms with Crippen LogP contribution in [0.1, 0.15) is 43.4 Å². The summed E-state index contributed by atoms with van der Waals surface area (Å²) in [5.41, 5.74) is 5.78. The number of carboxylic acid groups (broad SMARTS) is 1. The minimum Gasteiger partial charge on any atom is -0.481 e. The van der Waals surface area contributed by atoms with Gasteiger partial charge < -0.3 is 20.9 Å². The summed E-state index contributed by atoms with van der Waals surface area (Å²) in [6, 6.07) is 8.97. The number of esters is 1. The largest absolute Gasteiger partial charge is 0.481 e. The molecule has 1 spiro atoms. The quantitative estimate of drug-likeness (QED) is 0.257. The van der Waals surface area contributed by atoms with Crippen molar-refractivity contribution >= 4 is 46.7 Å².